The molecule has 2 aromatic heterocycles. The quantitative estimate of drug-likeness (QED) is 0.795. The fourth-order valence-electron chi connectivity index (χ4n) is 1.86. The number of hydrogen-bond acceptors (Lipinski definition) is 6. The van der Waals surface area contributed by atoms with Crippen molar-refractivity contribution in [3.63, 3.8) is 0 Å². The summed E-state index contributed by atoms with van der Waals surface area (Å²) in [5, 5.41) is 11.5. The molecule has 2 heterocycles. The summed E-state index contributed by atoms with van der Waals surface area (Å²) in [5.74, 6) is 0. The van der Waals surface area contributed by atoms with Crippen LogP contribution in [-0.2, 0) is 19.6 Å². The first-order valence-electron chi connectivity index (χ1n) is 6.86. The third-order valence-corrected chi connectivity index (χ3v) is 4.03. The number of thiazole rings is 1. The Kier molecular flexibility index (Phi) is 5.63. The molecule has 0 aliphatic heterocycles. The van der Waals surface area contributed by atoms with Crippen LogP contribution in [0, 0.1) is 6.92 Å². The fraction of sp³-hybridized carbons (Fsp3) is 0.615. The maximum Gasteiger partial charge on any atom is 0.0964 e. The first-order valence-corrected chi connectivity index (χ1v) is 7.74. The van der Waals surface area contributed by atoms with Gasteiger partial charge in [0.25, 0.3) is 0 Å². The predicted octanol–water partition coefficient (Wildman–Crippen LogP) is 1.28. The second-order valence-electron chi connectivity index (χ2n) is 4.85. The highest BCUT2D eigenvalue weighted by Gasteiger charge is 2.06. The summed E-state index contributed by atoms with van der Waals surface area (Å²) >= 11 is 1.72. The van der Waals surface area contributed by atoms with Gasteiger partial charge in [-0.2, -0.15) is 0 Å². The average Bonchev–Trinajstić information content (AvgIpc) is 3.04. The van der Waals surface area contributed by atoms with Crippen molar-refractivity contribution >= 4 is 11.3 Å². The number of likely N-dealkylation sites (N-methyl/N-ethyl adjacent to an activating group) is 1. The van der Waals surface area contributed by atoms with E-state index < -0.39 is 0 Å². The van der Waals surface area contributed by atoms with Crippen molar-refractivity contribution in [2.24, 2.45) is 0 Å². The summed E-state index contributed by atoms with van der Waals surface area (Å²) in [6.45, 7) is 8.62. The van der Waals surface area contributed by atoms with E-state index in [-0.39, 0.29) is 0 Å². The topological polar surface area (TPSA) is 58.9 Å². The van der Waals surface area contributed by atoms with E-state index in [0.717, 1.165) is 44.1 Å². The summed E-state index contributed by atoms with van der Waals surface area (Å²) < 4.78 is 1.91. The maximum absolute atomic E-state index is 4.28. The van der Waals surface area contributed by atoms with E-state index in [0.29, 0.717) is 0 Å². The van der Waals surface area contributed by atoms with Gasteiger partial charge in [-0.3, -0.25) is 9.58 Å². The minimum absolute atomic E-state index is 0.784. The van der Waals surface area contributed by atoms with Crippen LogP contribution in [0.15, 0.2) is 11.7 Å². The van der Waals surface area contributed by atoms with Crippen molar-refractivity contribution in [3.05, 3.63) is 28.0 Å². The van der Waals surface area contributed by atoms with Gasteiger partial charge in [0.15, 0.2) is 0 Å². The Morgan fingerprint density at radius 2 is 2.30 bits per heavy atom. The molecule has 0 aromatic carbocycles. The molecule has 0 aliphatic rings. The zero-order valence-corrected chi connectivity index (χ0v) is 13.2. The normalized spacial score (nSPS) is 11.4. The standard InChI is InChI=1S/C13H22N6S/c1-4-14-7-12-8-19(17-16-12)6-5-18(3)9-13-11(2)15-10-20-13/h8,10,14H,4-7,9H2,1-3H3. The second-order valence-corrected chi connectivity index (χ2v) is 5.79. The van der Waals surface area contributed by atoms with Gasteiger partial charge >= 0.3 is 0 Å². The van der Waals surface area contributed by atoms with Crippen LogP contribution in [0.3, 0.4) is 0 Å². The van der Waals surface area contributed by atoms with Gasteiger partial charge in [0.1, 0.15) is 0 Å². The summed E-state index contributed by atoms with van der Waals surface area (Å²) in [4.78, 5) is 7.89. The van der Waals surface area contributed by atoms with E-state index in [1.54, 1.807) is 11.3 Å². The van der Waals surface area contributed by atoms with Crippen molar-refractivity contribution in [1.29, 1.82) is 0 Å². The summed E-state index contributed by atoms with van der Waals surface area (Å²) in [6, 6.07) is 0. The predicted molar refractivity (Wildman–Crippen MR) is 80.6 cm³/mol. The van der Waals surface area contributed by atoms with Crippen molar-refractivity contribution in [1.82, 2.24) is 30.2 Å². The fourth-order valence-corrected chi connectivity index (χ4v) is 2.71. The molecule has 0 spiro atoms. The molecular formula is C13H22N6S. The van der Waals surface area contributed by atoms with Gasteiger partial charge in [-0.25, -0.2) is 4.98 Å². The van der Waals surface area contributed by atoms with E-state index in [2.05, 4.69) is 46.4 Å². The molecule has 0 radical (unpaired) electrons. The molecule has 0 aliphatic carbocycles. The van der Waals surface area contributed by atoms with E-state index in [1.807, 2.05) is 16.4 Å². The molecular weight excluding hydrogens is 272 g/mol. The van der Waals surface area contributed by atoms with Crippen LogP contribution in [0.4, 0.5) is 0 Å². The zero-order valence-electron chi connectivity index (χ0n) is 12.3. The lowest BCUT2D eigenvalue weighted by Gasteiger charge is -2.15. The number of aromatic nitrogens is 4. The van der Waals surface area contributed by atoms with Crippen molar-refractivity contribution in [3.8, 4) is 0 Å². The molecule has 20 heavy (non-hydrogen) atoms. The summed E-state index contributed by atoms with van der Waals surface area (Å²) in [7, 11) is 2.12. The highest BCUT2D eigenvalue weighted by atomic mass is 32.1. The van der Waals surface area contributed by atoms with E-state index >= 15 is 0 Å². The third-order valence-electron chi connectivity index (χ3n) is 3.11. The van der Waals surface area contributed by atoms with E-state index in [9.17, 15) is 0 Å². The van der Waals surface area contributed by atoms with Crippen LogP contribution in [0.5, 0.6) is 0 Å². The molecule has 1 N–H and O–H groups in total. The SMILES string of the molecule is CCNCc1cn(CCN(C)Cc2scnc2C)nn1. The van der Waals surface area contributed by atoms with Crippen LogP contribution < -0.4 is 5.32 Å². The Balaban J connectivity index is 1.77. The largest absolute Gasteiger partial charge is 0.311 e. The molecule has 7 heteroatoms. The molecule has 0 bridgehead atoms. The Morgan fingerprint density at radius 3 is 3.00 bits per heavy atom. The molecule has 0 unspecified atom stereocenters. The van der Waals surface area contributed by atoms with Crippen LogP contribution in [0.2, 0.25) is 0 Å². The molecule has 110 valence electrons. The van der Waals surface area contributed by atoms with Crippen LogP contribution in [-0.4, -0.2) is 45.0 Å². The number of hydrogen-bond donors (Lipinski definition) is 1. The lowest BCUT2D eigenvalue weighted by atomic mass is 10.3. The molecule has 2 aromatic rings. The lowest BCUT2D eigenvalue weighted by molar-refractivity contribution is 0.305. The van der Waals surface area contributed by atoms with Crippen molar-refractivity contribution < 1.29 is 0 Å². The van der Waals surface area contributed by atoms with E-state index in [4.69, 9.17) is 0 Å². The second kappa shape index (κ2) is 7.47. The van der Waals surface area contributed by atoms with Crippen molar-refractivity contribution in [2.75, 3.05) is 20.1 Å². The molecule has 2 rings (SSSR count). The monoisotopic (exact) mass is 294 g/mol. The molecule has 0 fully saturated rings. The first-order chi connectivity index (χ1) is 9.69. The number of nitrogens with one attached hydrogen (secondary N) is 1. The Labute approximate surface area is 123 Å². The van der Waals surface area contributed by atoms with Gasteiger partial charge in [-0.1, -0.05) is 12.1 Å². The van der Waals surface area contributed by atoms with Crippen molar-refractivity contribution in [2.45, 2.75) is 33.5 Å². The minimum atomic E-state index is 0.784. The third kappa shape index (κ3) is 4.36. The Bertz CT molecular complexity index is 520. The van der Waals surface area contributed by atoms with Gasteiger partial charge in [0, 0.05) is 30.7 Å². The molecule has 0 amide bonds. The van der Waals surface area contributed by atoms with Gasteiger partial charge in [0.05, 0.1) is 23.4 Å². The molecule has 0 saturated carbocycles. The average molecular weight is 294 g/mol. The Hall–Kier alpha value is -1.31. The first kappa shape index (κ1) is 15.1. The highest BCUT2D eigenvalue weighted by Crippen LogP contribution is 2.13. The smallest absolute Gasteiger partial charge is 0.0964 e. The number of nitrogens with zero attached hydrogens (tertiary/aromatic N) is 5. The molecule has 6 nitrogen and oxygen atoms in total. The Morgan fingerprint density at radius 1 is 1.45 bits per heavy atom. The zero-order chi connectivity index (χ0) is 14.4. The molecule has 0 atom stereocenters. The van der Waals surface area contributed by atoms with Crippen LogP contribution in [0.1, 0.15) is 23.2 Å². The van der Waals surface area contributed by atoms with Gasteiger partial charge < -0.3 is 5.32 Å². The van der Waals surface area contributed by atoms with Crippen LogP contribution >= 0.6 is 11.3 Å². The summed E-state index contributed by atoms with van der Waals surface area (Å²) in [5.41, 5.74) is 4.03. The molecule has 0 saturated heterocycles. The van der Waals surface area contributed by atoms with E-state index in [1.165, 1.54) is 4.88 Å². The number of rotatable bonds is 8. The lowest BCUT2D eigenvalue weighted by Crippen LogP contribution is -2.23. The van der Waals surface area contributed by atoms with Gasteiger partial charge in [0.2, 0.25) is 0 Å². The maximum atomic E-state index is 4.28. The van der Waals surface area contributed by atoms with Crippen LogP contribution in [0.25, 0.3) is 0 Å². The highest BCUT2D eigenvalue weighted by molar-refractivity contribution is 7.09. The minimum Gasteiger partial charge on any atom is -0.311 e. The summed E-state index contributed by atoms with van der Waals surface area (Å²) in [6.07, 6.45) is 2.01. The van der Waals surface area contributed by atoms with Gasteiger partial charge in [-0.15, -0.1) is 16.4 Å². The van der Waals surface area contributed by atoms with Gasteiger partial charge in [-0.05, 0) is 20.5 Å². The number of aryl methyl sites for hydroxylation is 1.